The van der Waals surface area contributed by atoms with Gasteiger partial charge in [-0.15, -0.1) is 0 Å². The molecule has 0 radical (unpaired) electrons. The molecule has 2 rings (SSSR count). The van der Waals surface area contributed by atoms with Crippen LogP contribution >= 0.6 is 0 Å². The highest BCUT2D eigenvalue weighted by atomic mass is 16.3. The van der Waals surface area contributed by atoms with E-state index in [4.69, 9.17) is 5.26 Å². The fraction of sp³-hybridized carbons (Fsp3) is 0.588. The molecule has 2 N–H and O–H groups in total. The highest BCUT2D eigenvalue weighted by molar-refractivity contribution is 5.32. The van der Waals surface area contributed by atoms with E-state index in [9.17, 15) is 10.2 Å². The Bertz CT molecular complexity index is 479. The molecule has 1 unspecified atom stereocenters. The van der Waals surface area contributed by atoms with Crippen LogP contribution in [0.15, 0.2) is 24.3 Å². The van der Waals surface area contributed by atoms with Gasteiger partial charge in [-0.25, -0.2) is 0 Å². The number of hydrogen-bond acceptors (Lipinski definition) is 4. The predicted octanol–water partition coefficient (Wildman–Crippen LogP) is 2.08. The maximum Gasteiger partial charge on any atom is 0.0991 e. The van der Waals surface area contributed by atoms with Gasteiger partial charge in [0, 0.05) is 13.2 Å². The third-order valence-electron chi connectivity index (χ3n) is 4.86. The van der Waals surface area contributed by atoms with Gasteiger partial charge in [-0.2, -0.15) is 5.26 Å². The van der Waals surface area contributed by atoms with Crippen LogP contribution in [0.2, 0.25) is 0 Å². The lowest BCUT2D eigenvalue weighted by Crippen LogP contribution is -2.43. The van der Waals surface area contributed by atoms with Crippen molar-refractivity contribution >= 4 is 0 Å². The zero-order valence-electron chi connectivity index (χ0n) is 12.6. The van der Waals surface area contributed by atoms with Crippen molar-refractivity contribution in [2.24, 2.45) is 5.41 Å². The monoisotopic (exact) mass is 288 g/mol. The second-order valence-electron chi connectivity index (χ2n) is 6.06. The van der Waals surface area contributed by atoms with Gasteiger partial charge in [0.25, 0.3) is 0 Å². The number of rotatable bonds is 5. The maximum atomic E-state index is 10.3. The summed E-state index contributed by atoms with van der Waals surface area (Å²) in [7, 11) is 0. The van der Waals surface area contributed by atoms with Gasteiger partial charge < -0.3 is 15.1 Å². The van der Waals surface area contributed by atoms with Crippen LogP contribution in [0.5, 0.6) is 0 Å². The SMILES string of the molecule is CCC1(CO)CCN(CC(O)c2ccc(C#N)cc2)CC1. The molecular formula is C17H24N2O2. The van der Waals surface area contributed by atoms with Crippen LogP contribution in [0.25, 0.3) is 0 Å². The summed E-state index contributed by atoms with van der Waals surface area (Å²) < 4.78 is 0. The second kappa shape index (κ2) is 7.04. The van der Waals surface area contributed by atoms with Gasteiger partial charge in [0.2, 0.25) is 0 Å². The molecule has 0 amide bonds. The molecule has 1 heterocycles. The molecule has 1 aromatic rings. The van der Waals surface area contributed by atoms with E-state index in [0.29, 0.717) is 12.1 Å². The van der Waals surface area contributed by atoms with Gasteiger partial charge in [0.15, 0.2) is 0 Å². The minimum absolute atomic E-state index is 0.0793. The Labute approximate surface area is 126 Å². The quantitative estimate of drug-likeness (QED) is 0.870. The van der Waals surface area contributed by atoms with E-state index in [1.165, 1.54) is 0 Å². The summed E-state index contributed by atoms with van der Waals surface area (Å²) in [5, 5.41) is 28.6. The van der Waals surface area contributed by atoms with Crippen molar-refractivity contribution in [2.75, 3.05) is 26.2 Å². The Balaban J connectivity index is 1.89. The third-order valence-corrected chi connectivity index (χ3v) is 4.86. The number of aliphatic hydroxyl groups excluding tert-OH is 2. The molecule has 4 nitrogen and oxygen atoms in total. The molecular weight excluding hydrogens is 264 g/mol. The number of β-amino-alcohol motifs (C(OH)–C–C–N with tert-alkyl or cyclic N) is 1. The number of benzene rings is 1. The summed E-state index contributed by atoms with van der Waals surface area (Å²) in [4.78, 5) is 2.26. The molecule has 114 valence electrons. The second-order valence-corrected chi connectivity index (χ2v) is 6.06. The normalized spacial score (nSPS) is 19.9. The molecule has 1 atom stereocenters. The lowest BCUT2D eigenvalue weighted by Gasteiger charge is -2.40. The van der Waals surface area contributed by atoms with E-state index < -0.39 is 6.10 Å². The molecule has 1 aromatic carbocycles. The molecule has 1 fully saturated rings. The Hall–Kier alpha value is -1.41. The van der Waals surface area contributed by atoms with Crippen molar-refractivity contribution in [1.82, 2.24) is 4.90 Å². The zero-order chi connectivity index (χ0) is 15.3. The van der Waals surface area contributed by atoms with Crippen molar-refractivity contribution < 1.29 is 10.2 Å². The van der Waals surface area contributed by atoms with Crippen LogP contribution in [-0.2, 0) is 0 Å². The van der Waals surface area contributed by atoms with Gasteiger partial charge in [-0.3, -0.25) is 0 Å². The topological polar surface area (TPSA) is 67.5 Å². The summed E-state index contributed by atoms with van der Waals surface area (Å²) in [6, 6.07) is 9.19. The van der Waals surface area contributed by atoms with Gasteiger partial charge in [-0.05, 0) is 55.5 Å². The standard InChI is InChI=1S/C17H24N2O2/c1-2-17(13-20)7-9-19(10-8-17)12-16(21)15-5-3-14(11-18)4-6-15/h3-6,16,20-21H,2,7-10,12-13H2,1H3. The largest absolute Gasteiger partial charge is 0.396 e. The minimum atomic E-state index is -0.527. The fourth-order valence-electron chi connectivity index (χ4n) is 2.96. The van der Waals surface area contributed by atoms with E-state index in [1.54, 1.807) is 12.1 Å². The number of nitrogens with zero attached hydrogens (tertiary/aromatic N) is 2. The molecule has 0 aliphatic carbocycles. The minimum Gasteiger partial charge on any atom is -0.396 e. The van der Waals surface area contributed by atoms with Crippen molar-refractivity contribution in [3.05, 3.63) is 35.4 Å². The average molecular weight is 288 g/mol. The van der Waals surface area contributed by atoms with Crippen LogP contribution in [0.1, 0.15) is 43.4 Å². The highest BCUT2D eigenvalue weighted by Crippen LogP contribution is 2.34. The van der Waals surface area contributed by atoms with Crippen molar-refractivity contribution in [3.63, 3.8) is 0 Å². The van der Waals surface area contributed by atoms with E-state index in [1.807, 2.05) is 12.1 Å². The van der Waals surface area contributed by atoms with Crippen LogP contribution < -0.4 is 0 Å². The summed E-state index contributed by atoms with van der Waals surface area (Å²) in [5.74, 6) is 0. The van der Waals surface area contributed by atoms with Crippen molar-refractivity contribution in [1.29, 1.82) is 5.26 Å². The molecule has 1 aliphatic heterocycles. The van der Waals surface area contributed by atoms with Crippen molar-refractivity contribution in [3.8, 4) is 6.07 Å². The first-order chi connectivity index (χ1) is 10.1. The van der Waals surface area contributed by atoms with Crippen LogP contribution in [-0.4, -0.2) is 41.4 Å². The molecule has 1 saturated heterocycles. The van der Waals surface area contributed by atoms with Gasteiger partial charge >= 0.3 is 0 Å². The van der Waals surface area contributed by atoms with Gasteiger partial charge in [0.05, 0.1) is 17.7 Å². The van der Waals surface area contributed by atoms with Gasteiger partial charge in [-0.1, -0.05) is 19.1 Å². The number of piperidine rings is 1. The molecule has 0 aromatic heterocycles. The Morgan fingerprint density at radius 3 is 2.38 bits per heavy atom. The highest BCUT2D eigenvalue weighted by Gasteiger charge is 2.32. The first-order valence-corrected chi connectivity index (χ1v) is 7.64. The Morgan fingerprint density at radius 1 is 1.29 bits per heavy atom. The van der Waals surface area contributed by atoms with Crippen molar-refractivity contribution in [2.45, 2.75) is 32.3 Å². The summed E-state index contributed by atoms with van der Waals surface area (Å²) in [6.45, 7) is 4.84. The fourth-order valence-corrected chi connectivity index (χ4v) is 2.96. The molecule has 0 spiro atoms. The first-order valence-electron chi connectivity index (χ1n) is 7.64. The lowest BCUT2D eigenvalue weighted by atomic mass is 9.77. The number of likely N-dealkylation sites (tertiary alicyclic amines) is 1. The van der Waals surface area contributed by atoms with E-state index in [-0.39, 0.29) is 12.0 Å². The molecule has 0 bridgehead atoms. The molecule has 1 aliphatic rings. The van der Waals surface area contributed by atoms with E-state index in [0.717, 1.165) is 37.9 Å². The number of hydrogen-bond donors (Lipinski definition) is 2. The van der Waals surface area contributed by atoms with Crippen LogP contribution in [0.3, 0.4) is 0 Å². The predicted molar refractivity (Wildman–Crippen MR) is 81.6 cm³/mol. The van der Waals surface area contributed by atoms with Crippen LogP contribution in [0, 0.1) is 16.7 Å². The van der Waals surface area contributed by atoms with Crippen LogP contribution in [0.4, 0.5) is 0 Å². The number of nitriles is 1. The zero-order valence-corrected chi connectivity index (χ0v) is 12.6. The summed E-state index contributed by atoms with van der Waals surface area (Å²) in [6.07, 6.45) is 2.45. The Morgan fingerprint density at radius 2 is 1.90 bits per heavy atom. The smallest absolute Gasteiger partial charge is 0.0991 e. The lowest BCUT2D eigenvalue weighted by molar-refractivity contribution is 0.0215. The van der Waals surface area contributed by atoms with E-state index in [2.05, 4.69) is 17.9 Å². The maximum absolute atomic E-state index is 10.3. The molecule has 4 heteroatoms. The summed E-state index contributed by atoms with van der Waals surface area (Å²) >= 11 is 0. The molecule has 0 saturated carbocycles. The average Bonchev–Trinajstić information content (AvgIpc) is 2.56. The summed E-state index contributed by atoms with van der Waals surface area (Å²) in [5.41, 5.74) is 1.54. The molecule has 21 heavy (non-hydrogen) atoms. The third kappa shape index (κ3) is 3.82. The number of aliphatic hydroxyl groups is 2. The van der Waals surface area contributed by atoms with Gasteiger partial charge in [0.1, 0.15) is 0 Å². The van der Waals surface area contributed by atoms with E-state index >= 15 is 0 Å². The first kappa shape index (κ1) is 16.0. The Kier molecular flexibility index (Phi) is 5.35.